The largest absolute Gasteiger partial charge is 0.507 e. The predicted octanol–water partition coefficient (Wildman–Crippen LogP) is 3.19. The Morgan fingerprint density at radius 3 is 2.35 bits per heavy atom. The van der Waals surface area contributed by atoms with Crippen molar-refractivity contribution in [3.63, 3.8) is 0 Å². The van der Waals surface area contributed by atoms with Crippen molar-refractivity contribution in [1.82, 2.24) is 5.43 Å². The lowest BCUT2D eigenvalue weighted by Gasteiger charge is -2.23. The molecule has 0 radical (unpaired) electrons. The molecule has 31 heavy (non-hydrogen) atoms. The van der Waals surface area contributed by atoms with Crippen molar-refractivity contribution in [2.24, 2.45) is 5.10 Å². The van der Waals surface area contributed by atoms with Gasteiger partial charge in [-0.25, -0.2) is 18.2 Å². The molecule has 0 saturated heterocycles. The summed E-state index contributed by atoms with van der Waals surface area (Å²) in [6, 6.07) is 17.4. The molecule has 0 fully saturated rings. The number of amides is 1. The zero-order valence-electron chi connectivity index (χ0n) is 16.6. The van der Waals surface area contributed by atoms with Crippen molar-refractivity contribution in [3.05, 3.63) is 89.7 Å². The first-order valence-corrected chi connectivity index (χ1v) is 10.7. The summed E-state index contributed by atoms with van der Waals surface area (Å²) >= 11 is 0. The number of hydrogen-bond acceptors (Lipinski definition) is 5. The van der Waals surface area contributed by atoms with Gasteiger partial charge in [-0.1, -0.05) is 29.8 Å². The van der Waals surface area contributed by atoms with Crippen LogP contribution in [-0.2, 0) is 14.8 Å². The Morgan fingerprint density at radius 2 is 1.71 bits per heavy atom. The number of aromatic hydroxyl groups is 1. The number of rotatable bonds is 7. The molecule has 7 nitrogen and oxygen atoms in total. The van der Waals surface area contributed by atoms with Gasteiger partial charge in [0.15, 0.2) is 0 Å². The highest BCUT2D eigenvalue weighted by atomic mass is 32.2. The number of hydrogen-bond donors (Lipinski definition) is 2. The molecule has 0 unspecified atom stereocenters. The molecule has 0 aromatic heterocycles. The van der Waals surface area contributed by atoms with E-state index in [0.29, 0.717) is 5.56 Å². The Labute approximate surface area is 179 Å². The monoisotopic (exact) mass is 441 g/mol. The molecule has 0 aliphatic rings. The SMILES string of the molecule is Cc1ccc(N(CC(=O)NN=Cc2ccccc2O)S(=O)(=O)c2ccc(F)cc2)cc1. The third kappa shape index (κ3) is 5.46. The van der Waals surface area contributed by atoms with Gasteiger partial charge in [0.2, 0.25) is 0 Å². The molecule has 0 heterocycles. The van der Waals surface area contributed by atoms with E-state index in [4.69, 9.17) is 0 Å². The van der Waals surface area contributed by atoms with E-state index in [1.807, 2.05) is 6.92 Å². The van der Waals surface area contributed by atoms with Crippen LogP contribution < -0.4 is 9.73 Å². The number of nitrogens with zero attached hydrogens (tertiary/aromatic N) is 2. The lowest BCUT2D eigenvalue weighted by atomic mass is 10.2. The van der Waals surface area contributed by atoms with Gasteiger partial charge in [-0.05, 0) is 55.5 Å². The predicted molar refractivity (Wildman–Crippen MR) is 116 cm³/mol. The van der Waals surface area contributed by atoms with E-state index in [-0.39, 0.29) is 16.3 Å². The van der Waals surface area contributed by atoms with Crippen LogP contribution in [0.25, 0.3) is 0 Å². The number of phenols is 1. The number of halogens is 1. The third-order valence-electron chi connectivity index (χ3n) is 4.34. The summed E-state index contributed by atoms with van der Waals surface area (Å²) < 4.78 is 40.5. The molecule has 3 aromatic carbocycles. The lowest BCUT2D eigenvalue weighted by molar-refractivity contribution is -0.119. The highest BCUT2D eigenvalue weighted by Crippen LogP contribution is 2.24. The molecule has 3 aromatic rings. The molecule has 9 heteroatoms. The van der Waals surface area contributed by atoms with Crippen LogP contribution >= 0.6 is 0 Å². The fourth-order valence-electron chi connectivity index (χ4n) is 2.70. The third-order valence-corrected chi connectivity index (χ3v) is 6.13. The van der Waals surface area contributed by atoms with E-state index < -0.39 is 28.3 Å². The number of carbonyl (C=O) groups excluding carboxylic acids is 1. The van der Waals surface area contributed by atoms with Crippen molar-refractivity contribution in [1.29, 1.82) is 0 Å². The molecule has 0 saturated carbocycles. The molecule has 0 bridgehead atoms. The minimum Gasteiger partial charge on any atom is -0.507 e. The van der Waals surface area contributed by atoms with Gasteiger partial charge in [-0.15, -0.1) is 0 Å². The molecular formula is C22H20FN3O4S. The number of benzene rings is 3. The lowest BCUT2D eigenvalue weighted by Crippen LogP contribution is -2.39. The Bertz CT molecular complexity index is 1190. The van der Waals surface area contributed by atoms with E-state index >= 15 is 0 Å². The maximum absolute atomic E-state index is 13.3. The van der Waals surface area contributed by atoms with Crippen LogP contribution in [0.3, 0.4) is 0 Å². The topological polar surface area (TPSA) is 99.1 Å². The average Bonchev–Trinajstić information content (AvgIpc) is 2.74. The molecule has 1 amide bonds. The maximum atomic E-state index is 13.3. The molecule has 2 N–H and O–H groups in total. The van der Waals surface area contributed by atoms with Crippen LogP contribution in [0, 0.1) is 12.7 Å². The van der Waals surface area contributed by atoms with Crippen LogP contribution in [0.2, 0.25) is 0 Å². The summed E-state index contributed by atoms with van der Waals surface area (Å²) in [4.78, 5) is 12.3. The number of phenolic OH excluding ortho intramolecular Hbond substituents is 1. The number of carbonyl (C=O) groups is 1. The van der Waals surface area contributed by atoms with E-state index in [9.17, 15) is 22.7 Å². The van der Waals surface area contributed by atoms with Gasteiger partial charge in [-0.3, -0.25) is 9.10 Å². The Balaban J connectivity index is 1.84. The van der Waals surface area contributed by atoms with E-state index in [2.05, 4.69) is 10.5 Å². The smallest absolute Gasteiger partial charge is 0.264 e. The number of aryl methyl sites for hydroxylation is 1. The van der Waals surface area contributed by atoms with Gasteiger partial charge in [0.1, 0.15) is 18.1 Å². The van der Waals surface area contributed by atoms with Gasteiger partial charge in [0.05, 0.1) is 16.8 Å². The van der Waals surface area contributed by atoms with Gasteiger partial charge >= 0.3 is 0 Å². The van der Waals surface area contributed by atoms with Crippen molar-refractivity contribution in [3.8, 4) is 5.75 Å². The Morgan fingerprint density at radius 1 is 1.06 bits per heavy atom. The average molecular weight is 441 g/mol. The summed E-state index contributed by atoms with van der Waals surface area (Å²) in [5.74, 6) is -1.28. The van der Waals surface area contributed by atoms with Gasteiger partial charge in [0, 0.05) is 5.56 Å². The highest BCUT2D eigenvalue weighted by molar-refractivity contribution is 7.92. The van der Waals surface area contributed by atoms with Crippen molar-refractivity contribution in [2.45, 2.75) is 11.8 Å². The Kier molecular flexibility index (Phi) is 6.66. The highest BCUT2D eigenvalue weighted by Gasteiger charge is 2.27. The Hall–Kier alpha value is -3.72. The number of hydrazone groups is 1. The second-order valence-corrected chi connectivity index (χ2v) is 8.52. The molecule has 0 atom stereocenters. The molecule has 3 rings (SSSR count). The second kappa shape index (κ2) is 9.40. The van der Waals surface area contributed by atoms with Crippen LogP contribution in [-0.4, -0.2) is 32.2 Å². The number of anilines is 1. The van der Waals surface area contributed by atoms with Crippen LogP contribution in [0.5, 0.6) is 5.75 Å². The number of nitrogens with one attached hydrogen (secondary N) is 1. The summed E-state index contributed by atoms with van der Waals surface area (Å²) in [6.07, 6.45) is 1.25. The summed E-state index contributed by atoms with van der Waals surface area (Å²) in [5.41, 5.74) is 3.83. The van der Waals surface area contributed by atoms with Gasteiger partial charge in [-0.2, -0.15) is 5.10 Å². The molecule has 160 valence electrons. The molecule has 0 spiro atoms. The van der Waals surface area contributed by atoms with Crippen LogP contribution in [0.15, 0.2) is 82.8 Å². The summed E-state index contributed by atoms with van der Waals surface area (Å²) in [5, 5.41) is 13.5. The van der Waals surface area contributed by atoms with Crippen LogP contribution in [0.1, 0.15) is 11.1 Å². The van der Waals surface area contributed by atoms with Gasteiger partial charge < -0.3 is 5.11 Å². The van der Waals surface area contributed by atoms with Crippen molar-refractivity contribution < 1.29 is 22.7 Å². The van der Waals surface area contributed by atoms with Crippen LogP contribution in [0.4, 0.5) is 10.1 Å². The van der Waals surface area contributed by atoms with E-state index in [1.54, 1.807) is 42.5 Å². The second-order valence-electron chi connectivity index (χ2n) is 6.65. The minimum atomic E-state index is -4.15. The fraction of sp³-hybridized carbons (Fsp3) is 0.0909. The normalized spacial score (nSPS) is 11.4. The maximum Gasteiger partial charge on any atom is 0.264 e. The number of para-hydroxylation sites is 1. The molecule has 0 aliphatic heterocycles. The number of sulfonamides is 1. The first-order chi connectivity index (χ1) is 14.8. The van der Waals surface area contributed by atoms with Crippen molar-refractivity contribution >= 4 is 27.8 Å². The first kappa shape index (κ1) is 22.0. The zero-order chi connectivity index (χ0) is 22.4. The fourth-order valence-corrected chi connectivity index (χ4v) is 4.12. The van der Waals surface area contributed by atoms with E-state index in [1.165, 1.54) is 12.3 Å². The molecular weight excluding hydrogens is 421 g/mol. The van der Waals surface area contributed by atoms with Gasteiger partial charge in [0.25, 0.3) is 15.9 Å². The van der Waals surface area contributed by atoms with Crippen molar-refractivity contribution in [2.75, 3.05) is 10.8 Å². The zero-order valence-corrected chi connectivity index (χ0v) is 17.4. The summed E-state index contributed by atoms with van der Waals surface area (Å²) in [7, 11) is -4.15. The standard InChI is InChI=1S/C22H20FN3O4S/c1-16-6-10-19(11-7-16)26(31(29,30)20-12-8-18(23)9-13-20)15-22(28)25-24-14-17-4-2-3-5-21(17)27/h2-14,27H,15H2,1H3,(H,25,28). The minimum absolute atomic E-state index is 0.0133. The molecule has 0 aliphatic carbocycles. The van der Waals surface area contributed by atoms with E-state index in [0.717, 1.165) is 34.1 Å². The summed E-state index contributed by atoms with van der Waals surface area (Å²) in [6.45, 7) is 1.30. The quantitative estimate of drug-likeness (QED) is 0.435. The first-order valence-electron chi connectivity index (χ1n) is 9.22.